The van der Waals surface area contributed by atoms with E-state index < -0.39 is 18.0 Å². The van der Waals surface area contributed by atoms with Gasteiger partial charge in [0.1, 0.15) is 5.75 Å². The predicted molar refractivity (Wildman–Crippen MR) is 63.0 cm³/mol. The SMILES string of the molecule is COC(=O)C(O)CNC(=O)COc1ccccc1. The van der Waals surface area contributed by atoms with E-state index in [1.165, 1.54) is 0 Å². The highest BCUT2D eigenvalue weighted by Crippen LogP contribution is 2.07. The van der Waals surface area contributed by atoms with Crippen LogP contribution in [0.15, 0.2) is 30.3 Å². The normalized spacial score (nSPS) is 11.4. The van der Waals surface area contributed by atoms with Gasteiger partial charge in [0.2, 0.25) is 0 Å². The van der Waals surface area contributed by atoms with E-state index in [0.717, 1.165) is 7.11 Å². The molecule has 1 aromatic rings. The van der Waals surface area contributed by atoms with Crippen molar-refractivity contribution in [3.05, 3.63) is 30.3 Å². The van der Waals surface area contributed by atoms with Crippen LogP contribution < -0.4 is 10.1 Å². The Morgan fingerprint density at radius 3 is 2.61 bits per heavy atom. The molecule has 18 heavy (non-hydrogen) atoms. The summed E-state index contributed by atoms with van der Waals surface area (Å²) in [5.41, 5.74) is 0. The van der Waals surface area contributed by atoms with Gasteiger partial charge in [-0.2, -0.15) is 0 Å². The molecular formula is C12H15NO5. The number of methoxy groups -OCH3 is 1. The zero-order chi connectivity index (χ0) is 13.4. The predicted octanol–water partition coefficient (Wildman–Crippen LogP) is -0.285. The standard InChI is InChI=1S/C12H15NO5/c1-17-12(16)10(14)7-13-11(15)8-18-9-5-3-2-4-6-9/h2-6,10,14H,7-8H2,1H3,(H,13,15). The summed E-state index contributed by atoms with van der Waals surface area (Å²) in [4.78, 5) is 22.2. The Kier molecular flexibility index (Phi) is 5.66. The Hall–Kier alpha value is -2.08. The maximum Gasteiger partial charge on any atom is 0.336 e. The molecule has 0 aliphatic carbocycles. The maximum atomic E-state index is 11.3. The molecule has 0 heterocycles. The summed E-state index contributed by atoms with van der Waals surface area (Å²) in [7, 11) is 1.16. The van der Waals surface area contributed by atoms with Gasteiger partial charge >= 0.3 is 5.97 Å². The molecule has 6 heteroatoms. The van der Waals surface area contributed by atoms with Crippen molar-refractivity contribution >= 4 is 11.9 Å². The Balaban J connectivity index is 2.24. The van der Waals surface area contributed by atoms with Crippen LogP contribution in [0.25, 0.3) is 0 Å². The first-order valence-corrected chi connectivity index (χ1v) is 5.34. The van der Waals surface area contributed by atoms with Crippen LogP contribution in [0.4, 0.5) is 0 Å². The van der Waals surface area contributed by atoms with Gasteiger partial charge in [0.25, 0.3) is 5.91 Å². The third kappa shape index (κ3) is 4.84. The second-order valence-electron chi connectivity index (χ2n) is 3.44. The number of nitrogens with one attached hydrogen (secondary N) is 1. The topological polar surface area (TPSA) is 84.9 Å². The summed E-state index contributed by atoms with van der Waals surface area (Å²) < 4.78 is 9.48. The summed E-state index contributed by atoms with van der Waals surface area (Å²) in [6.07, 6.45) is -1.37. The lowest BCUT2D eigenvalue weighted by molar-refractivity contribution is -0.150. The van der Waals surface area contributed by atoms with Gasteiger partial charge in [-0.3, -0.25) is 4.79 Å². The number of hydrogen-bond donors (Lipinski definition) is 2. The summed E-state index contributed by atoms with van der Waals surface area (Å²) in [5, 5.41) is 11.6. The van der Waals surface area contributed by atoms with Gasteiger partial charge in [-0.15, -0.1) is 0 Å². The number of ether oxygens (including phenoxy) is 2. The van der Waals surface area contributed by atoms with E-state index in [0.29, 0.717) is 5.75 Å². The second-order valence-corrected chi connectivity index (χ2v) is 3.44. The third-order valence-electron chi connectivity index (χ3n) is 2.08. The van der Waals surface area contributed by atoms with E-state index in [1.807, 2.05) is 6.07 Å². The first kappa shape index (κ1) is 14.0. The van der Waals surface area contributed by atoms with E-state index in [4.69, 9.17) is 4.74 Å². The van der Waals surface area contributed by atoms with Crippen molar-refractivity contribution in [3.8, 4) is 5.75 Å². The summed E-state index contributed by atoms with van der Waals surface area (Å²) in [5.74, 6) is -0.651. The number of rotatable bonds is 6. The second kappa shape index (κ2) is 7.29. The fourth-order valence-electron chi connectivity index (χ4n) is 1.15. The van der Waals surface area contributed by atoms with Crippen LogP contribution >= 0.6 is 0 Å². The lowest BCUT2D eigenvalue weighted by Crippen LogP contribution is -2.39. The largest absolute Gasteiger partial charge is 0.484 e. The average molecular weight is 253 g/mol. The Morgan fingerprint density at radius 2 is 2.00 bits per heavy atom. The van der Waals surface area contributed by atoms with Gasteiger partial charge in [0.15, 0.2) is 12.7 Å². The number of carbonyl (C=O) groups excluding carboxylic acids is 2. The minimum Gasteiger partial charge on any atom is -0.484 e. The average Bonchev–Trinajstić information content (AvgIpc) is 2.42. The molecule has 1 aromatic carbocycles. The molecule has 1 rings (SSSR count). The molecule has 0 spiro atoms. The zero-order valence-corrected chi connectivity index (χ0v) is 9.96. The number of amides is 1. The number of aliphatic hydroxyl groups is 1. The molecule has 1 atom stereocenters. The third-order valence-corrected chi connectivity index (χ3v) is 2.08. The van der Waals surface area contributed by atoms with E-state index in [9.17, 15) is 14.7 Å². The fourth-order valence-corrected chi connectivity index (χ4v) is 1.15. The molecular weight excluding hydrogens is 238 g/mol. The lowest BCUT2D eigenvalue weighted by Gasteiger charge is -2.10. The quantitative estimate of drug-likeness (QED) is 0.681. The van der Waals surface area contributed by atoms with Gasteiger partial charge in [0.05, 0.1) is 13.7 Å². The van der Waals surface area contributed by atoms with Crippen LogP contribution in [0.5, 0.6) is 5.75 Å². The monoisotopic (exact) mass is 253 g/mol. The first-order chi connectivity index (χ1) is 8.63. The molecule has 0 aliphatic rings. The maximum absolute atomic E-state index is 11.3. The van der Waals surface area contributed by atoms with Gasteiger partial charge in [-0.25, -0.2) is 4.79 Å². The molecule has 0 saturated heterocycles. The first-order valence-electron chi connectivity index (χ1n) is 5.34. The molecule has 6 nitrogen and oxygen atoms in total. The Morgan fingerprint density at radius 1 is 1.33 bits per heavy atom. The van der Waals surface area contributed by atoms with Crippen LogP contribution in [-0.4, -0.2) is 43.3 Å². The molecule has 0 radical (unpaired) electrons. The van der Waals surface area contributed by atoms with Crippen molar-refractivity contribution in [1.29, 1.82) is 0 Å². The number of esters is 1. The van der Waals surface area contributed by atoms with Crippen LogP contribution in [-0.2, 0) is 14.3 Å². The van der Waals surface area contributed by atoms with Crippen molar-refractivity contribution in [2.24, 2.45) is 0 Å². The van der Waals surface area contributed by atoms with Gasteiger partial charge in [-0.05, 0) is 12.1 Å². The Bertz CT molecular complexity index is 393. The van der Waals surface area contributed by atoms with E-state index in [1.54, 1.807) is 24.3 Å². The van der Waals surface area contributed by atoms with Crippen molar-refractivity contribution in [2.45, 2.75) is 6.10 Å². The fraction of sp³-hybridized carbons (Fsp3) is 0.333. The minimum atomic E-state index is -1.37. The zero-order valence-electron chi connectivity index (χ0n) is 9.96. The van der Waals surface area contributed by atoms with Crippen molar-refractivity contribution in [1.82, 2.24) is 5.32 Å². The van der Waals surface area contributed by atoms with Gasteiger partial charge in [0, 0.05) is 0 Å². The highest BCUT2D eigenvalue weighted by atomic mass is 16.5. The summed E-state index contributed by atoms with van der Waals surface area (Å²) in [6.45, 7) is -0.387. The molecule has 0 aliphatic heterocycles. The molecule has 1 unspecified atom stereocenters. The number of carbonyl (C=O) groups is 2. The highest BCUT2D eigenvalue weighted by molar-refractivity contribution is 5.79. The number of hydrogen-bond acceptors (Lipinski definition) is 5. The van der Waals surface area contributed by atoms with Crippen LogP contribution in [0.1, 0.15) is 0 Å². The molecule has 0 fully saturated rings. The smallest absolute Gasteiger partial charge is 0.336 e. The van der Waals surface area contributed by atoms with E-state index in [2.05, 4.69) is 10.1 Å². The highest BCUT2D eigenvalue weighted by Gasteiger charge is 2.16. The van der Waals surface area contributed by atoms with E-state index >= 15 is 0 Å². The number of aliphatic hydroxyl groups excluding tert-OH is 1. The van der Waals surface area contributed by atoms with Crippen LogP contribution in [0.3, 0.4) is 0 Å². The van der Waals surface area contributed by atoms with Gasteiger partial charge < -0.3 is 19.9 Å². The van der Waals surface area contributed by atoms with Crippen molar-refractivity contribution in [3.63, 3.8) is 0 Å². The molecule has 2 N–H and O–H groups in total. The number of para-hydroxylation sites is 1. The van der Waals surface area contributed by atoms with Gasteiger partial charge in [-0.1, -0.05) is 18.2 Å². The summed E-state index contributed by atoms with van der Waals surface area (Å²) >= 11 is 0. The molecule has 0 bridgehead atoms. The number of benzene rings is 1. The molecule has 0 aromatic heterocycles. The molecule has 0 saturated carbocycles. The van der Waals surface area contributed by atoms with Crippen LogP contribution in [0.2, 0.25) is 0 Å². The van der Waals surface area contributed by atoms with Crippen LogP contribution in [0, 0.1) is 0 Å². The van der Waals surface area contributed by atoms with Crippen molar-refractivity contribution < 1.29 is 24.2 Å². The minimum absolute atomic E-state index is 0.183. The Labute approximate surface area is 105 Å². The van der Waals surface area contributed by atoms with Crippen molar-refractivity contribution in [2.75, 3.05) is 20.3 Å². The summed E-state index contributed by atoms with van der Waals surface area (Å²) in [6, 6.07) is 8.84. The van der Waals surface area contributed by atoms with E-state index in [-0.39, 0.29) is 13.2 Å². The lowest BCUT2D eigenvalue weighted by atomic mass is 10.3. The molecule has 98 valence electrons. The molecule has 1 amide bonds.